The third-order valence-corrected chi connectivity index (χ3v) is 5.86. The number of carbonyl (C=O) groups is 1. The van der Waals surface area contributed by atoms with Crippen LogP contribution in [0.1, 0.15) is 21.8 Å². The van der Waals surface area contributed by atoms with Gasteiger partial charge in [0.1, 0.15) is 0 Å². The van der Waals surface area contributed by atoms with Crippen molar-refractivity contribution >= 4 is 27.3 Å². The lowest BCUT2D eigenvalue weighted by molar-refractivity contribution is 0.0786. The molecule has 3 aromatic rings. The predicted molar refractivity (Wildman–Crippen MR) is 99.5 cm³/mol. The van der Waals surface area contributed by atoms with Gasteiger partial charge in [0.15, 0.2) is 0 Å². The molecular formula is C20H20N2OS. The van der Waals surface area contributed by atoms with Gasteiger partial charge in [0.2, 0.25) is 0 Å². The monoisotopic (exact) mass is 336 g/mol. The van der Waals surface area contributed by atoms with E-state index in [1.54, 1.807) is 11.3 Å². The fraction of sp³-hybridized carbons (Fsp3) is 0.250. The van der Waals surface area contributed by atoms with E-state index in [1.165, 1.54) is 10.3 Å². The Kier molecular flexibility index (Phi) is 4.08. The second-order valence-corrected chi connectivity index (χ2v) is 7.34. The first-order chi connectivity index (χ1) is 11.8. The SMILES string of the molecule is NC[C@@H]1CN(C(=O)c2ccc3sccc3c2)C[C@H]1c1ccccc1. The maximum atomic E-state index is 12.9. The Balaban J connectivity index is 1.59. The lowest BCUT2D eigenvalue weighted by Gasteiger charge is -2.17. The molecular weight excluding hydrogens is 316 g/mol. The average molecular weight is 336 g/mol. The normalized spacial score (nSPS) is 20.6. The summed E-state index contributed by atoms with van der Waals surface area (Å²) in [6.07, 6.45) is 0. The lowest BCUT2D eigenvalue weighted by Crippen LogP contribution is -2.29. The molecule has 2 heterocycles. The first kappa shape index (κ1) is 15.4. The van der Waals surface area contributed by atoms with Gasteiger partial charge in [-0.15, -0.1) is 11.3 Å². The van der Waals surface area contributed by atoms with E-state index in [9.17, 15) is 4.79 Å². The maximum absolute atomic E-state index is 12.9. The Labute approximate surface area is 145 Å². The second-order valence-electron chi connectivity index (χ2n) is 6.40. The van der Waals surface area contributed by atoms with Crippen LogP contribution >= 0.6 is 11.3 Å². The van der Waals surface area contributed by atoms with Gasteiger partial charge in [0, 0.05) is 29.3 Å². The minimum Gasteiger partial charge on any atom is -0.338 e. The van der Waals surface area contributed by atoms with Crippen LogP contribution in [0.25, 0.3) is 10.1 Å². The zero-order valence-electron chi connectivity index (χ0n) is 13.4. The fourth-order valence-electron chi connectivity index (χ4n) is 3.64. The van der Waals surface area contributed by atoms with Gasteiger partial charge in [0.25, 0.3) is 5.91 Å². The van der Waals surface area contributed by atoms with Crippen molar-refractivity contribution in [2.45, 2.75) is 5.92 Å². The van der Waals surface area contributed by atoms with Gasteiger partial charge < -0.3 is 10.6 Å². The minimum absolute atomic E-state index is 0.111. The zero-order chi connectivity index (χ0) is 16.5. The van der Waals surface area contributed by atoms with Crippen LogP contribution in [0.3, 0.4) is 0 Å². The Hall–Kier alpha value is -2.17. The number of thiophene rings is 1. The number of amides is 1. The van der Waals surface area contributed by atoms with Crippen molar-refractivity contribution in [1.29, 1.82) is 0 Å². The number of nitrogens with zero attached hydrogens (tertiary/aromatic N) is 1. The molecule has 24 heavy (non-hydrogen) atoms. The van der Waals surface area contributed by atoms with Gasteiger partial charge in [-0.25, -0.2) is 0 Å². The highest BCUT2D eigenvalue weighted by Crippen LogP contribution is 2.33. The van der Waals surface area contributed by atoms with Crippen molar-refractivity contribution in [2.24, 2.45) is 11.7 Å². The van der Waals surface area contributed by atoms with Crippen molar-refractivity contribution < 1.29 is 4.79 Å². The molecule has 2 atom stereocenters. The Morgan fingerprint density at radius 2 is 1.96 bits per heavy atom. The van der Waals surface area contributed by atoms with Gasteiger partial charge in [-0.05, 0) is 53.1 Å². The molecule has 1 fully saturated rings. The van der Waals surface area contributed by atoms with Gasteiger partial charge in [-0.1, -0.05) is 30.3 Å². The number of likely N-dealkylation sites (tertiary alicyclic amines) is 1. The standard InChI is InChI=1S/C20H20N2OS/c21-11-17-12-22(13-18(17)14-4-2-1-3-5-14)20(23)16-6-7-19-15(10-16)8-9-24-19/h1-10,17-18H,11-13,21H2/t17-,18+/m1/s1. The summed E-state index contributed by atoms with van der Waals surface area (Å²) in [5.41, 5.74) is 8.03. The molecule has 1 aliphatic rings. The van der Waals surface area contributed by atoms with E-state index in [2.05, 4.69) is 35.7 Å². The molecule has 2 N–H and O–H groups in total. The van der Waals surface area contributed by atoms with E-state index in [1.807, 2.05) is 29.2 Å². The number of nitrogens with two attached hydrogens (primary N) is 1. The highest BCUT2D eigenvalue weighted by atomic mass is 32.1. The third kappa shape index (κ3) is 2.72. The van der Waals surface area contributed by atoms with Gasteiger partial charge in [-0.2, -0.15) is 0 Å². The van der Waals surface area contributed by atoms with Crippen LogP contribution in [0.15, 0.2) is 60.0 Å². The molecule has 0 saturated carbocycles. The summed E-state index contributed by atoms with van der Waals surface area (Å²) in [5, 5.41) is 3.20. The Bertz CT molecular complexity index is 858. The highest BCUT2D eigenvalue weighted by molar-refractivity contribution is 7.17. The molecule has 0 radical (unpaired) electrons. The molecule has 4 rings (SSSR count). The van der Waals surface area contributed by atoms with E-state index < -0.39 is 0 Å². The van der Waals surface area contributed by atoms with E-state index in [-0.39, 0.29) is 5.91 Å². The molecule has 122 valence electrons. The summed E-state index contributed by atoms with van der Waals surface area (Å²) in [6.45, 7) is 2.08. The number of hydrogen-bond donors (Lipinski definition) is 1. The predicted octanol–water partition coefficient (Wildman–Crippen LogP) is 3.72. The first-order valence-electron chi connectivity index (χ1n) is 8.28. The minimum atomic E-state index is 0.111. The molecule has 2 aromatic carbocycles. The maximum Gasteiger partial charge on any atom is 0.253 e. The quantitative estimate of drug-likeness (QED) is 0.792. The smallest absolute Gasteiger partial charge is 0.253 e. The van der Waals surface area contributed by atoms with Crippen LogP contribution in [-0.2, 0) is 0 Å². The number of fused-ring (bicyclic) bond motifs is 1. The van der Waals surface area contributed by atoms with Crippen molar-refractivity contribution in [2.75, 3.05) is 19.6 Å². The molecule has 1 aliphatic heterocycles. The summed E-state index contributed by atoms with van der Waals surface area (Å²) in [7, 11) is 0. The number of carbonyl (C=O) groups excluding carboxylic acids is 1. The largest absolute Gasteiger partial charge is 0.338 e. The van der Waals surface area contributed by atoms with Crippen molar-refractivity contribution in [3.05, 3.63) is 71.1 Å². The number of rotatable bonds is 3. The van der Waals surface area contributed by atoms with Crippen molar-refractivity contribution in [3.63, 3.8) is 0 Å². The second kappa shape index (κ2) is 6.38. The lowest BCUT2D eigenvalue weighted by atomic mass is 9.89. The summed E-state index contributed by atoms with van der Waals surface area (Å²) >= 11 is 1.70. The average Bonchev–Trinajstić information content (AvgIpc) is 3.27. The molecule has 3 nitrogen and oxygen atoms in total. The molecule has 0 bridgehead atoms. The summed E-state index contributed by atoms with van der Waals surface area (Å²) < 4.78 is 1.22. The van der Waals surface area contributed by atoms with E-state index >= 15 is 0 Å². The van der Waals surface area contributed by atoms with Gasteiger partial charge in [0.05, 0.1) is 0 Å². The third-order valence-electron chi connectivity index (χ3n) is 4.96. The highest BCUT2D eigenvalue weighted by Gasteiger charge is 2.35. The van der Waals surface area contributed by atoms with Crippen LogP contribution in [0.4, 0.5) is 0 Å². The first-order valence-corrected chi connectivity index (χ1v) is 9.16. The summed E-state index contributed by atoms with van der Waals surface area (Å²) in [4.78, 5) is 14.9. The van der Waals surface area contributed by atoms with Crippen molar-refractivity contribution in [3.8, 4) is 0 Å². The topological polar surface area (TPSA) is 46.3 Å². The van der Waals surface area contributed by atoms with Crippen LogP contribution in [0, 0.1) is 5.92 Å². The number of hydrogen-bond acceptors (Lipinski definition) is 3. The molecule has 0 aliphatic carbocycles. The van der Waals surface area contributed by atoms with Gasteiger partial charge >= 0.3 is 0 Å². The number of benzene rings is 2. The van der Waals surface area contributed by atoms with E-state index in [4.69, 9.17) is 5.73 Å². The van der Waals surface area contributed by atoms with Crippen LogP contribution < -0.4 is 5.73 Å². The van der Waals surface area contributed by atoms with Gasteiger partial charge in [-0.3, -0.25) is 4.79 Å². The van der Waals surface area contributed by atoms with Crippen LogP contribution in [0.2, 0.25) is 0 Å². The fourth-order valence-corrected chi connectivity index (χ4v) is 4.41. The molecule has 0 unspecified atom stereocenters. The molecule has 1 aromatic heterocycles. The van der Waals surface area contributed by atoms with Crippen LogP contribution in [-0.4, -0.2) is 30.4 Å². The Morgan fingerprint density at radius 3 is 2.75 bits per heavy atom. The van der Waals surface area contributed by atoms with Crippen LogP contribution in [0.5, 0.6) is 0 Å². The van der Waals surface area contributed by atoms with Crippen molar-refractivity contribution in [1.82, 2.24) is 4.90 Å². The molecule has 0 spiro atoms. The summed E-state index contributed by atoms with van der Waals surface area (Å²) in [5.74, 6) is 0.756. The molecule has 1 amide bonds. The Morgan fingerprint density at radius 1 is 1.12 bits per heavy atom. The van der Waals surface area contributed by atoms with E-state index in [0.717, 1.165) is 24.0 Å². The molecule has 4 heteroatoms. The van der Waals surface area contributed by atoms with E-state index in [0.29, 0.717) is 18.4 Å². The summed E-state index contributed by atoms with van der Waals surface area (Å²) in [6, 6.07) is 18.5. The zero-order valence-corrected chi connectivity index (χ0v) is 14.2. The molecule has 1 saturated heterocycles.